The van der Waals surface area contributed by atoms with Crippen LogP contribution in [0.4, 0.5) is 13.2 Å². The van der Waals surface area contributed by atoms with Gasteiger partial charge in [-0.3, -0.25) is 4.79 Å². The van der Waals surface area contributed by atoms with Gasteiger partial charge in [0.15, 0.2) is 0 Å². The number of carbonyl (C=O) groups excluding carboxylic acids is 1. The number of H-pyrrole nitrogens is 1. The van der Waals surface area contributed by atoms with Gasteiger partial charge < -0.3 is 15.0 Å². The fourth-order valence-electron chi connectivity index (χ4n) is 3.52. The highest BCUT2D eigenvalue weighted by atomic mass is 19.4. The van der Waals surface area contributed by atoms with Crippen molar-refractivity contribution in [3.63, 3.8) is 0 Å². The van der Waals surface area contributed by atoms with Gasteiger partial charge in [0.25, 0.3) is 5.91 Å². The van der Waals surface area contributed by atoms with Gasteiger partial charge in [0.2, 0.25) is 0 Å². The average Bonchev–Trinajstić information content (AvgIpc) is 3.35. The maximum Gasteiger partial charge on any atom is 0.416 e. The molecule has 4 rings (SSSR count). The van der Waals surface area contributed by atoms with Crippen molar-refractivity contribution in [1.82, 2.24) is 10.3 Å². The fraction of sp³-hybridized carbons (Fsp3) is 0.286. The number of alkyl halides is 3. The standard InChI is InChI=1S/C21H19F3N2O2/c1-28-15-6-7-18-16(10-15)17(11-25-18)20(8-9-20)12-26-19(27)13-2-4-14(5-3-13)21(22,23)24/h2-7,10-11,25H,8-9,12H2,1H3,(H,26,27). The number of methoxy groups -OCH3 is 1. The molecule has 2 N–H and O–H groups in total. The predicted octanol–water partition coefficient (Wildman–Crippen LogP) is 4.66. The summed E-state index contributed by atoms with van der Waals surface area (Å²) in [7, 11) is 1.62. The van der Waals surface area contributed by atoms with E-state index < -0.39 is 11.7 Å². The van der Waals surface area contributed by atoms with Crippen molar-refractivity contribution in [1.29, 1.82) is 0 Å². The third-order valence-corrected chi connectivity index (χ3v) is 5.38. The zero-order valence-corrected chi connectivity index (χ0v) is 15.2. The van der Waals surface area contributed by atoms with E-state index in [1.54, 1.807) is 7.11 Å². The Bertz CT molecular complexity index is 1020. The van der Waals surface area contributed by atoms with Crippen molar-refractivity contribution in [3.05, 3.63) is 65.4 Å². The summed E-state index contributed by atoms with van der Waals surface area (Å²) >= 11 is 0. The third kappa shape index (κ3) is 3.32. The molecule has 0 bridgehead atoms. The number of halogens is 3. The van der Waals surface area contributed by atoms with E-state index in [-0.39, 0.29) is 16.9 Å². The summed E-state index contributed by atoms with van der Waals surface area (Å²) in [5, 5.41) is 3.93. The van der Waals surface area contributed by atoms with E-state index in [0.717, 1.165) is 47.2 Å². The first kappa shape index (κ1) is 18.4. The second-order valence-electron chi connectivity index (χ2n) is 7.15. The van der Waals surface area contributed by atoms with Crippen molar-refractivity contribution in [2.24, 2.45) is 0 Å². The monoisotopic (exact) mass is 388 g/mol. The first-order chi connectivity index (χ1) is 13.3. The SMILES string of the molecule is COc1ccc2[nH]cc(C3(CNC(=O)c4ccc(C(F)(F)F)cc4)CC3)c2c1. The summed E-state index contributed by atoms with van der Waals surface area (Å²) in [5.74, 6) is 0.385. The maximum atomic E-state index is 12.7. The van der Waals surface area contributed by atoms with Crippen LogP contribution >= 0.6 is 0 Å². The van der Waals surface area contributed by atoms with Crippen LogP contribution in [0, 0.1) is 0 Å². The minimum Gasteiger partial charge on any atom is -0.497 e. The zero-order chi connectivity index (χ0) is 19.9. The summed E-state index contributed by atoms with van der Waals surface area (Å²) in [4.78, 5) is 15.6. The van der Waals surface area contributed by atoms with Crippen LogP contribution in [0.15, 0.2) is 48.7 Å². The summed E-state index contributed by atoms with van der Waals surface area (Å²) in [6.07, 6.45) is -0.584. The van der Waals surface area contributed by atoms with Crippen LogP contribution in [0.5, 0.6) is 5.75 Å². The molecule has 1 saturated carbocycles. The Labute approximate surface area is 159 Å². The Balaban J connectivity index is 1.50. The van der Waals surface area contributed by atoms with Crippen LogP contribution in [0.2, 0.25) is 0 Å². The van der Waals surface area contributed by atoms with Gasteiger partial charge in [-0.15, -0.1) is 0 Å². The molecule has 1 aromatic heterocycles. The van der Waals surface area contributed by atoms with E-state index >= 15 is 0 Å². The Kier molecular flexibility index (Phi) is 4.33. The summed E-state index contributed by atoms with van der Waals surface area (Å²) < 4.78 is 43.3. The number of nitrogens with one attached hydrogen (secondary N) is 2. The van der Waals surface area contributed by atoms with Crippen LogP contribution in [0.1, 0.15) is 34.3 Å². The molecule has 7 heteroatoms. The van der Waals surface area contributed by atoms with Crippen molar-refractivity contribution in [2.45, 2.75) is 24.4 Å². The Morgan fingerprint density at radius 2 is 1.89 bits per heavy atom. The second-order valence-corrected chi connectivity index (χ2v) is 7.15. The van der Waals surface area contributed by atoms with Gasteiger partial charge in [-0.25, -0.2) is 0 Å². The topological polar surface area (TPSA) is 54.1 Å². The normalized spacial score (nSPS) is 15.4. The lowest BCUT2D eigenvalue weighted by Gasteiger charge is -2.16. The van der Waals surface area contributed by atoms with E-state index in [1.165, 1.54) is 12.1 Å². The van der Waals surface area contributed by atoms with Gasteiger partial charge in [-0.05, 0) is 60.9 Å². The first-order valence-electron chi connectivity index (χ1n) is 8.93. The molecule has 0 aliphatic heterocycles. The van der Waals surface area contributed by atoms with Gasteiger partial charge in [0.1, 0.15) is 5.75 Å². The number of ether oxygens (including phenoxy) is 1. The minimum absolute atomic E-state index is 0.161. The number of aromatic amines is 1. The lowest BCUT2D eigenvalue weighted by atomic mass is 9.95. The maximum absolute atomic E-state index is 12.7. The molecule has 1 amide bonds. The van der Waals surface area contributed by atoms with Crippen molar-refractivity contribution < 1.29 is 22.7 Å². The summed E-state index contributed by atoms with van der Waals surface area (Å²) in [6, 6.07) is 10.1. The number of benzene rings is 2. The van der Waals surface area contributed by atoms with E-state index in [1.807, 2.05) is 24.4 Å². The van der Waals surface area contributed by atoms with E-state index in [0.29, 0.717) is 6.54 Å². The van der Waals surface area contributed by atoms with Gasteiger partial charge in [0, 0.05) is 34.6 Å². The first-order valence-corrected chi connectivity index (χ1v) is 8.93. The smallest absolute Gasteiger partial charge is 0.416 e. The van der Waals surface area contributed by atoms with E-state index in [9.17, 15) is 18.0 Å². The molecule has 3 aromatic rings. The molecule has 1 fully saturated rings. The van der Waals surface area contributed by atoms with E-state index in [2.05, 4.69) is 10.3 Å². The molecule has 1 aliphatic carbocycles. The number of fused-ring (bicyclic) bond motifs is 1. The largest absolute Gasteiger partial charge is 0.497 e. The van der Waals surface area contributed by atoms with Crippen LogP contribution in [0.3, 0.4) is 0 Å². The molecule has 0 atom stereocenters. The van der Waals surface area contributed by atoms with Gasteiger partial charge >= 0.3 is 6.18 Å². The van der Waals surface area contributed by atoms with Crippen LogP contribution < -0.4 is 10.1 Å². The number of amides is 1. The molecule has 0 spiro atoms. The molecule has 28 heavy (non-hydrogen) atoms. The highest BCUT2D eigenvalue weighted by Gasteiger charge is 2.46. The lowest BCUT2D eigenvalue weighted by molar-refractivity contribution is -0.137. The average molecular weight is 388 g/mol. The highest BCUT2D eigenvalue weighted by molar-refractivity contribution is 5.94. The van der Waals surface area contributed by atoms with Crippen LogP contribution in [0.25, 0.3) is 10.9 Å². The molecule has 1 heterocycles. The zero-order valence-electron chi connectivity index (χ0n) is 15.2. The Hall–Kier alpha value is -2.96. The second kappa shape index (κ2) is 6.58. The molecular formula is C21H19F3N2O2. The third-order valence-electron chi connectivity index (χ3n) is 5.38. The molecule has 4 nitrogen and oxygen atoms in total. The van der Waals surface area contributed by atoms with Gasteiger partial charge in [-0.1, -0.05) is 0 Å². The number of hydrogen-bond acceptors (Lipinski definition) is 2. The molecule has 0 saturated heterocycles. The molecule has 2 aromatic carbocycles. The Morgan fingerprint density at radius 1 is 1.18 bits per heavy atom. The van der Waals surface area contributed by atoms with Crippen LogP contribution in [-0.2, 0) is 11.6 Å². The van der Waals surface area contributed by atoms with Crippen molar-refractivity contribution >= 4 is 16.8 Å². The number of carbonyl (C=O) groups is 1. The fourth-order valence-corrected chi connectivity index (χ4v) is 3.52. The van der Waals surface area contributed by atoms with Crippen LogP contribution in [-0.4, -0.2) is 24.5 Å². The molecule has 146 valence electrons. The van der Waals surface area contributed by atoms with E-state index in [4.69, 9.17) is 4.74 Å². The Morgan fingerprint density at radius 3 is 2.50 bits per heavy atom. The quantitative estimate of drug-likeness (QED) is 0.668. The summed E-state index contributed by atoms with van der Waals surface area (Å²) in [5.41, 5.74) is 1.40. The number of aromatic nitrogens is 1. The molecule has 0 radical (unpaired) electrons. The number of rotatable bonds is 5. The number of hydrogen-bond donors (Lipinski definition) is 2. The summed E-state index contributed by atoms with van der Waals surface area (Å²) in [6.45, 7) is 0.428. The molecule has 0 unspecified atom stereocenters. The van der Waals surface area contributed by atoms with Gasteiger partial charge in [-0.2, -0.15) is 13.2 Å². The van der Waals surface area contributed by atoms with Gasteiger partial charge in [0.05, 0.1) is 12.7 Å². The minimum atomic E-state index is -4.41. The van der Waals surface area contributed by atoms with Crippen molar-refractivity contribution in [2.75, 3.05) is 13.7 Å². The molecule has 1 aliphatic rings. The predicted molar refractivity (Wildman–Crippen MR) is 99.5 cm³/mol. The van der Waals surface area contributed by atoms with Crippen molar-refractivity contribution in [3.8, 4) is 5.75 Å². The highest BCUT2D eigenvalue weighted by Crippen LogP contribution is 2.50. The lowest BCUT2D eigenvalue weighted by Crippen LogP contribution is -2.32. The molecular weight excluding hydrogens is 369 g/mol.